The molecule has 112 valence electrons. The lowest BCUT2D eigenvalue weighted by Gasteiger charge is -2.35. The Hall–Kier alpha value is -1.32. The number of hydrogen-bond acceptors (Lipinski definition) is 4. The number of aromatic nitrogens is 2. The molecule has 0 aromatic carbocycles. The Morgan fingerprint density at radius 1 is 1.40 bits per heavy atom. The summed E-state index contributed by atoms with van der Waals surface area (Å²) in [6, 6.07) is 2.37. The van der Waals surface area contributed by atoms with Crippen LogP contribution in [0.1, 0.15) is 58.6 Å². The van der Waals surface area contributed by atoms with Gasteiger partial charge in [-0.3, -0.25) is 0 Å². The van der Waals surface area contributed by atoms with Crippen molar-refractivity contribution in [3.8, 4) is 5.88 Å². The lowest BCUT2D eigenvalue weighted by atomic mass is 9.75. The van der Waals surface area contributed by atoms with E-state index < -0.39 is 0 Å². The smallest absolute Gasteiger partial charge is 0.226 e. The predicted octanol–water partition coefficient (Wildman–Crippen LogP) is 3.95. The van der Waals surface area contributed by atoms with E-state index in [-0.39, 0.29) is 0 Å². The first-order valence-electron chi connectivity index (χ1n) is 7.73. The maximum Gasteiger partial charge on any atom is 0.226 e. The molecule has 4 heteroatoms. The molecule has 1 aliphatic rings. The zero-order chi connectivity index (χ0) is 14.6. The van der Waals surface area contributed by atoms with Crippen molar-refractivity contribution in [2.45, 2.75) is 65.8 Å². The van der Waals surface area contributed by atoms with E-state index >= 15 is 0 Å². The fraction of sp³-hybridized carbons (Fsp3) is 0.750. The summed E-state index contributed by atoms with van der Waals surface area (Å²) in [6.07, 6.45) is 5.95. The molecule has 0 spiro atoms. The van der Waals surface area contributed by atoms with Crippen LogP contribution in [-0.2, 0) is 0 Å². The van der Waals surface area contributed by atoms with E-state index in [1.807, 2.05) is 13.0 Å². The van der Waals surface area contributed by atoms with Crippen LogP contribution in [0.4, 0.5) is 5.95 Å². The van der Waals surface area contributed by atoms with Gasteiger partial charge in [-0.1, -0.05) is 27.2 Å². The third-order valence-electron chi connectivity index (χ3n) is 3.82. The third kappa shape index (κ3) is 4.36. The molecule has 0 radical (unpaired) electrons. The van der Waals surface area contributed by atoms with Crippen molar-refractivity contribution >= 4 is 5.95 Å². The maximum atomic E-state index is 5.62. The number of hydrogen-bond donors (Lipinski definition) is 1. The van der Waals surface area contributed by atoms with Crippen LogP contribution in [0.5, 0.6) is 5.88 Å². The summed E-state index contributed by atoms with van der Waals surface area (Å²) >= 11 is 0. The highest BCUT2D eigenvalue weighted by molar-refractivity contribution is 5.32. The van der Waals surface area contributed by atoms with E-state index in [1.165, 1.54) is 25.7 Å². The Kier molecular flexibility index (Phi) is 4.84. The highest BCUT2D eigenvalue weighted by atomic mass is 16.5. The van der Waals surface area contributed by atoms with Gasteiger partial charge in [0.2, 0.25) is 11.8 Å². The van der Waals surface area contributed by atoms with Gasteiger partial charge in [0.25, 0.3) is 0 Å². The van der Waals surface area contributed by atoms with Crippen LogP contribution in [-0.4, -0.2) is 22.6 Å². The molecule has 1 fully saturated rings. The summed E-state index contributed by atoms with van der Waals surface area (Å²) in [7, 11) is 0. The highest BCUT2D eigenvalue weighted by Crippen LogP contribution is 2.36. The van der Waals surface area contributed by atoms with Crippen molar-refractivity contribution in [2.75, 3.05) is 11.9 Å². The van der Waals surface area contributed by atoms with Gasteiger partial charge < -0.3 is 10.1 Å². The van der Waals surface area contributed by atoms with Gasteiger partial charge in [0.1, 0.15) is 0 Å². The number of ether oxygens (including phenoxy) is 1. The SMILES string of the molecule is CCCOc1cc(C)nc(NC2CCCC(C)(C)C2)n1. The molecule has 1 aliphatic carbocycles. The summed E-state index contributed by atoms with van der Waals surface area (Å²) in [5.41, 5.74) is 1.37. The number of rotatable bonds is 5. The number of aryl methyl sites for hydroxylation is 1. The molecule has 0 amide bonds. The van der Waals surface area contributed by atoms with Crippen molar-refractivity contribution < 1.29 is 4.74 Å². The summed E-state index contributed by atoms with van der Waals surface area (Å²) in [4.78, 5) is 8.95. The molecule has 2 rings (SSSR count). The monoisotopic (exact) mass is 277 g/mol. The minimum absolute atomic E-state index is 0.418. The largest absolute Gasteiger partial charge is 0.478 e. The van der Waals surface area contributed by atoms with Gasteiger partial charge in [0.05, 0.1) is 6.61 Å². The molecule has 20 heavy (non-hydrogen) atoms. The lowest BCUT2D eigenvalue weighted by molar-refractivity contribution is 0.229. The predicted molar refractivity (Wildman–Crippen MR) is 82.2 cm³/mol. The average molecular weight is 277 g/mol. The molecule has 1 aromatic heterocycles. The first kappa shape index (κ1) is 15.1. The molecular formula is C16H27N3O. The van der Waals surface area contributed by atoms with Crippen LogP contribution in [0.3, 0.4) is 0 Å². The molecular weight excluding hydrogens is 250 g/mol. The minimum Gasteiger partial charge on any atom is -0.478 e. The molecule has 1 aromatic rings. The maximum absolute atomic E-state index is 5.62. The quantitative estimate of drug-likeness (QED) is 0.885. The molecule has 0 saturated heterocycles. The van der Waals surface area contributed by atoms with Crippen LogP contribution in [0.25, 0.3) is 0 Å². The summed E-state index contributed by atoms with van der Waals surface area (Å²) in [5, 5.41) is 3.49. The fourth-order valence-corrected chi connectivity index (χ4v) is 2.89. The topological polar surface area (TPSA) is 47.0 Å². The molecule has 1 saturated carbocycles. The molecule has 1 atom stereocenters. The zero-order valence-corrected chi connectivity index (χ0v) is 13.2. The standard InChI is InChI=1S/C16H27N3O/c1-5-9-20-14-10-12(2)17-15(19-14)18-13-7-6-8-16(3,4)11-13/h10,13H,5-9,11H2,1-4H3,(H,17,18,19). The number of nitrogens with one attached hydrogen (secondary N) is 1. The second kappa shape index (κ2) is 6.42. The molecule has 1 heterocycles. The van der Waals surface area contributed by atoms with E-state index in [2.05, 4.69) is 36.1 Å². The zero-order valence-electron chi connectivity index (χ0n) is 13.2. The summed E-state index contributed by atoms with van der Waals surface area (Å²) in [6.45, 7) is 9.46. The van der Waals surface area contributed by atoms with Gasteiger partial charge >= 0.3 is 0 Å². The van der Waals surface area contributed by atoms with Gasteiger partial charge in [-0.05, 0) is 38.0 Å². The lowest BCUT2D eigenvalue weighted by Crippen LogP contribution is -2.32. The van der Waals surface area contributed by atoms with Crippen molar-refractivity contribution in [1.82, 2.24) is 9.97 Å². The Labute approximate surface area is 122 Å². The highest BCUT2D eigenvalue weighted by Gasteiger charge is 2.28. The van der Waals surface area contributed by atoms with Crippen LogP contribution in [0, 0.1) is 12.3 Å². The van der Waals surface area contributed by atoms with Crippen molar-refractivity contribution in [3.05, 3.63) is 11.8 Å². The minimum atomic E-state index is 0.418. The number of anilines is 1. The van der Waals surface area contributed by atoms with Crippen LogP contribution in [0.15, 0.2) is 6.07 Å². The van der Waals surface area contributed by atoms with Crippen LogP contribution in [0.2, 0.25) is 0 Å². The fourth-order valence-electron chi connectivity index (χ4n) is 2.89. The van der Waals surface area contributed by atoms with E-state index in [0.29, 0.717) is 29.9 Å². The Balaban J connectivity index is 2.03. The van der Waals surface area contributed by atoms with Gasteiger partial charge in [-0.2, -0.15) is 4.98 Å². The van der Waals surface area contributed by atoms with E-state index in [9.17, 15) is 0 Å². The molecule has 0 aliphatic heterocycles. The molecule has 1 N–H and O–H groups in total. The molecule has 0 bridgehead atoms. The number of nitrogens with zero attached hydrogens (tertiary/aromatic N) is 2. The Morgan fingerprint density at radius 2 is 2.20 bits per heavy atom. The van der Waals surface area contributed by atoms with E-state index in [4.69, 9.17) is 4.74 Å². The normalized spacial score (nSPS) is 21.5. The van der Waals surface area contributed by atoms with Crippen molar-refractivity contribution in [3.63, 3.8) is 0 Å². The first-order chi connectivity index (χ1) is 9.48. The second-order valence-electron chi connectivity index (χ2n) is 6.62. The summed E-state index contributed by atoms with van der Waals surface area (Å²) in [5.74, 6) is 1.38. The van der Waals surface area contributed by atoms with Gasteiger partial charge in [0.15, 0.2) is 0 Å². The van der Waals surface area contributed by atoms with Gasteiger partial charge in [0, 0.05) is 17.8 Å². The Morgan fingerprint density at radius 3 is 2.90 bits per heavy atom. The van der Waals surface area contributed by atoms with Gasteiger partial charge in [-0.15, -0.1) is 0 Å². The first-order valence-corrected chi connectivity index (χ1v) is 7.73. The molecule has 1 unspecified atom stereocenters. The van der Waals surface area contributed by atoms with Crippen LogP contribution < -0.4 is 10.1 Å². The van der Waals surface area contributed by atoms with Gasteiger partial charge in [-0.25, -0.2) is 4.98 Å². The van der Waals surface area contributed by atoms with Crippen molar-refractivity contribution in [2.24, 2.45) is 5.41 Å². The summed E-state index contributed by atoms with van der Waals surface area (Å²) < 4.78 is 5.62. The van der Waals surface area contributed by atoms with Crippen LogP contribution >= 0.6 is 0 Å². The third-order valence-corrected chi connectivity index (χ3v) is 3.82. The van der Waals surface area contributed by atoms with E-state index in [0.717, 1.165) is 12.1 Å². The average Bonchev–Trinajstić information content (AvgIpc) is 2.34. The molecule has 4 nitrogen and oxygen atoms in total. The Bertz CT molecular complexity index is 445. The van der Waals surface area contributed by atoms with E-state index in [1.54, 1.807) is 0 Å². The van der Waals surface area contributed by atoms with Crippen molar-refractivity contribution in [1.29, 1.82) is 0 Å². The second-order valence-corrected chi connectivity index (χ2v) is 6.62.